The lowest BCUT2D eigenvalue weighted by Crippen LogP contribution is -2.12. The predicted octanol–water partition coefficient (Wildman–Crippen LogP) is 0.996. The summed E-state index contributed by atoms with van der Waals surface area (Å²) in [4.78, 5) is 7.24. The first kappa shape index (κ1) is 8.96. The number of aromatic amines is 1. The van der Waals surface area contributed by atoms with Crippen LogP contribution in [0.25, 0.3) is 0 Å². The van der Waals surface area contributed by atoms with Gasteiger partial charge in [-0.1, -0.05) is 5.16 Å². The number of nitrogens with one attached hydrogen (secondary N) is 2. The van der Waals surface area contributed by atoms with E-state index < -0.39 is 0 Å². The molecule has 0 saturated carbocycles. The van der Waals surface area contributed by atoms with Gasteiger partial charge in [0, 0.05) is 24.5 Å². The molecule has 5 heteroatoms. The Morgan fingerprint density at radius 1 is 1.50 bits per heavy atom. The molecule has 5 nitrogen and oxygen atoms in total. The van der Waals surface area contributed by atoms with Gasteiger partial charge in [-0.05, 0) is 6.92 Å². The highest BCUT2D eigenvalue weighted by molar-refractivity contribution is 5.00. The van der Waals surface area contributed by atoms with Crippen molar-refractivity contribution in [3.8, 4) is 0 Å². The first-order chi connectivity index (χ1) is 6.84. The van der Waals surface area contributed by atoms with Crippen molar-refractivity contribution in [2.45, 2.75) is 20.0 Å². The lowest BCUT2D eigenvalue weighted by atomic mass is 10.4. The molecule has 0 unspecified atom stereocenters. The molecule has 0 aliphatic heterocycles. The quantitative estimate of drug-likeness (QED) is 0.758. The van der Waals surface area contributed by atoms with Gasteiger partial charge in [0.25, 0.3) is 0 Å². The van der Waals surface area contributed by atoms with Gasteiger partial charge in [-0.3, -0.25) is 0 Å². The van der Waals surface area contributed by atoms with E-state index in [4.69, 9.17) is 4.52 Å². The maximum Gasteiger partial charge on any atom is 0.150 e. The van der Waals surface area contributed by atoms with Crippen LogP contribution in [0.2, 0.25) is 0 Å². The number of hydrogen-bond donors (Lipinski definition) is 2. The molecular weight excluding hydrogens is 180 g/mol. The van der Waals surface area contributed by atoms with Crippen LogP contribution in [0.3, 0.4) is 0 Å². The average Bonchev–Trinajstić information content (AvgIpc) is 2.77. The van der Waals surface area contributed by atoms with Gasteiger partial charge >= 0.3 is 0 Å². The van der Waals surface area contributed by atoms with E-state index >= 15 is 0 Å². The van der Waals surface area contributed by atoms with Crippen molar-refractivity contribution in [1.82, 2.24) is 20.4 Å². The maximum absolute atomic E-state index is 4.94. The highest BCUT2D eigenvalue weighted by Gasteiger charge is 1.98. The Labute approximate surface area is 81.5 Å². The van der Waals surface area contributed by atoms with Crippen molar-refractivity contribution in [2.75, 3.05) is 0 Å². The van der Waals surface area contributed by atoms with Gasteiger partial charge in [0.2, 0.25) is 0 Å². The molecule has 0 fully saturated rings. The molecule has 74 valence electrons. The summed E-state index contributed by atoms with van der Waals surface area (Å²) in [5.41, 5.74) is 1.07. The van der Waals surface area contributed by atoms with Gasteiger partial charge in [-0.15, -0.1) is 0 Å². The van der Waals surface area contributed by atoms with Crippen molar-refractivity contribution in [2.24, 2.45) is 0 Å². The van der Waals surface area contributed by atoms with Crippen LogP contribution >= 0.6 is 0 Å². The molecule has 2 aromatic rings. The van der Waals surface area contributed by atoms with Crippen molar-refractivity contribution in [3.05, 3.63) is 35.7 Å². The number of imidazole rings is 1. The van der Waals surface area contributed by atoms with Crippen molar-refractivity contribution >= 4 is 0 Å². The van der Waals surface area contributed by atoms with E-state index in [1.807, 2.05) is 19.2 Å². The Morgan fingerprint density at radius 3 is 3.07 bits per heavy atom. The molecule has 0 aliphatic carbocycles. The highest BCUT2D eigenvalue weighted by Crippen LogP contribution is 1.98. The summed E-state index contributed by atoms with van der Waals surface area (Å²) in [6.07, 6.45) is 3.46. The van der Waals surface area contributed by atoms with Gasteiger partial charge < -0.3 is 14.8 Å². The van der Waals surface area contributed by atoms with Crippen LogP contribution in [-0.2, 0) is 13.1 Å². The molecular formula is C9H12N4O. The van der Waals surface area contributed by atoms with E-state index in [0.29, 0.717) is 6.54 Å². The molecule has 0 aromatic carbocycles. The first-order valence-corrected chi connectivity index (χ1v) is 4.45. The van der Waals surface area contributed by atoms with E-state index in [9.17, 15) is 0 Å². The molecule has 2 heterocycles. The number of H-pyrrole nitrogens is 1. The minimum absolute atomic E-state index is 0.679. The highest BCUT2D eigenvalue weighted by atomic mass is 16.5. The third kappa shape index (κ3) is 2.20. The molecule has 0 aliphatic rings. The molecule has 0 atom stereocenters. The van der Waals surface area contributed by atoms with Crippen LogP contribution in [0.15, 0.2) is 23.0 Å². The second-order valence-corrected chi connectivity index (χ2v) is 3.08. The van der Waals surface area contributed by atoms with Crippen molar-refractivity contribution < 1.29 is 4.52 Å². The van der Waals surface area contributed by atoms with Crippen LogP contribution in [-0.4, -0.2) is 15.1 Å². The van der Waals surface area contributed by atoms with Gasteiger partial charge in [-0.25, -0.2) is 4.98 Å². The van der Waals surface area contributed by atoms with Gasteiger partial charge in [0.05, 0.1) is 12.7 Å². The maximum atomic E-state index is 4.94. The fraction of sp³-hybridized carbons (Fsp3) is 0.333. The second kappa shape index (κ2) is 4.06. The molecule has 0 bridgehead atoms. The van der Waals surface area contributed by atoms with Crippen LogP contribution in [0.4, 0.5) is 0 Å². The van der Waals surface area contributed by atoms with Crippen LogP contribution in [0.5, 0.6) is 0 Å². The van der Waals surface area contributed by atoms with Gasteiger partial charge in [0.1, 0.15) is 11.6 Å². The molecule has 2 rings (SSSR count). The Balaban J connectivity index is 1.78. The fourth-order valence-corrected chi connectivity index (χ4v) is 1.22. The van der Waals surface area contributed by atoms with E-state index in [1.54, 1.807) is 6.20 Å². The minimum atomic E-state index is 0.679. The average molecular weight is 192 g/mol. The summed E-state index contributed by atoms with van der Waals surface area (Å²) in [7, 11) is 0. The lowest BCUT2D eigenvalue weighted by molar-refractivity contribution is 0.372. The van der Waals surface area contributed by atoms with Crippen molar-refractivity contribution in [1.29, 1.82) is 0 Å². The van der Waals surface area contributed by atoms with Crippen LogP contribution < -0.4 is 5.32 Å². The van der Waals surface area contributed by atoms with E-state index in [-0.39, 0.29) is 0 Å². The lowest BCUT2D eigenvalue weighted by Gasteiger charge is -1.98. The van der Waals surface area contributed by atoms with Gasteiger partial charge in [-0.2, -0.15) is 0 Å². The minimum Gasteiger partial charge on any atom is -0.360 e. The number of aryl methyl sites for hydroxylation is 1. The zero-order chi connectivity index (χ0) is 9.80. The molecule has 0 radical (unpaired) electrons. The predicted molar refractivity (Wildman–Crippen MR) is 50.4 cm³/mol. The molecule has 2 aromatic heterocycles. The third-order valence-corrected chi connectivity index (χ3v) is 1.86. The van der Waals surface area contributed by atoms with E-state index in [2.05, 4.69) is 20.4 Å². The standard InChI is InChI=1S/C9H12N4O/c1-7-11-5-8(13-7)4-10-6-9-2-3-12-14-9/h2-3,5,10H,4,6H2,1H3,(H,11,13). The monoisotopic (exact) mass is 192 g/mol. The summed E-state index contributed by atoms with van der Waals surface area (Å²) < 4.78 is 4.94. The van der Waals surface area contributed by atoms with Crippen LogP contribution in [0.1, 0.15) is 17.3 Å². The summed E-state index contributed by atoms with van der Waals surface area (Å²) in [6.45, 7) is 3.36. The molecule has 0 saturated heterocycles. The SMILES string of the molecule is Cc1ncc(CNCc2ccno2)[nH]1. The Kier molecular flexibility index (Phi) is 2.60. The molecule has 0 amide bonds. The number of nitrogens with zero attached hydrogens (tertiary/aromatic N) is 2. The number of rotatable bonds is 4. The zero-order valence-corrected chi connectivity index (χ0v) is 7.95. The summed E-state index contributed by atoms with van der Waals surface area (Å²) in [5.74, 6) is 1.77. The number of aromatic nitrogens is 3. The third-order valence-electron chi connectivity index (χ3n) is 1.86. The van der Waals surface area contributed by atoms with E-state index in [1.165, 1.54) is 0 Å². The zero-order valence-electron chi connectivity index (χ0n) is 7.95. The van der Waals surface area contributed by atoms with Gasteiger partial charge in [0.15, 0.2) is 0 Å². The second-order valence-electron chi connectivity index (χ2n) is 3.08. The first-order valence-electron chi connectivity index (χ1n) is 4.45. The van der Waals surface area contributed by atoms with Crippen molar-refractivity contribution in [3.63, 3.8) is 0 Å². The Hall–Kier alpha value is -1.62. The van der Waals surface area contributed by atoms with Crippen LogP contribution in [0, 0.1) is 6.92 Å². The Morgan fingerprint density at radius 2 is 2.43 bits per heavy atom. The summed E-state index contributed by atoms with van der Waals surface area (Å²) >= 11 is 0. The largest absolute Gasteiger partial charge is 0.360 e. The fourth-order valence-electron chi connectivity index (χ4n) is 1.22. The normalized spacial score (nSPS) is 10.6. The number of hydrogen-bond acceptors (Lipinski definition) is 4. The molecule has 0 spiro atoms. The van der Waals surface area contributed by atoms with E-state index in [0.717, 1.165) is 23.8 Å². The summed E-state index contributed by atoms with van der Waals surface area (Å²) in [6, 6.07) is 1.84. The molecule has 2 N–H and O–H groups in total. The smallest absolute Gasteiger partial charge is 0.150 e. The topological polar surface area (TPSA) is 66.7 Å². The Bertz CT molecular complexity index is 379. The summed E-state index contributed by atoms with van der Waals surface area (Å²) in [5, 5.41) is 6.83. The molecule has 14 heavy (non-hydrogen) atoms.